The van der Waals surface area contributed by atoms with E-state index in [9.17, 15) is 0 Å². The third kappa shape index (κ3) is 6.84. The zero-order valence-electron chi connectivity index (χ0n) is 29.8. The van der Waals surface area contributed by atoms with Gasteiger partial charge in [-0.15, -0.1) is 0 Å². The number of amidine groups is 1. The van der Waals surface area contributed by atoms with E-state index in [0.29, 0.717) is 0 Å². The summed E-state index contributed by atoms with van der Waals surface area (Å²) in [5, 5.41) is 7.72. The lowest BCUT2D eigenvalue weighted by Crippen LogP contribution is -2.45. The van der Waals surface area contributed by atoms with Gasteiger partial charge in [-0.05, 0) is 80.1 Å². The minimum absolute atomic E-state index is 0.163. The molecule has 2 atom stereocenters. The van der Waals surface area contributed by atoms with Gasteiger partial charge in [0.05, 0.1) is 0 Å². The average Bonchev–Trinajstić information content (AvgIpc) is 3.22. The normalized spacial score (nSPS) is 15.5. The number of hydrogen-bond donors (Lipinski definition) is 2. The van der Waals surface area contributed by atoms with Crippen LogP contribution in [0.5, 0.6) is 0 Å². The van der Waals surface area contributed by atoms with E-state index < -0.39 is 0 Å². The molecule has 7 aromatic carbocycles. The Morgan fingerprint density at radius 2 is 1.00 bits per heavy atom. The number of aryl methyl sites for hydroxylation is 2. The van der Waals surface area contributed by atoms with Gasteiger partial charge in [-0.3, -0.25) is 5.32 Å². The second kappa shape index (κ2) is 15.1. The van der Waals surface area contributed by atoms with E-state index in [1.54, 1.807) is 0 Å². The topological polar surface area (TPSA) is 36.4 Å². The third-order valence-corrected chi connectivity index (χ3v) is 10.1. The number of aliphatic imine (C=N–C) groups is 1. The van der Waals surface area contributed by atoms with Crippen molar-refractivity contribution in [2.24, 2.45) is 4.99 Å². The number of benzene rings is 7. The summed E-state index contributed by atoms with van der Waals surface area (Å²) < 4.78 is 0. The second-order valence-corrected chi connectivity index (χ2v) is 13.6. The molecule has 254 valence electrons. The Morgan fingerprint density at radius 3 is 1.60 bits per heavy atom. The van der Waals surface area contributed by atoms with Gasteiger partial charge in [-0.2, -0.15) is 0 Å². The number of nitrogens with one attached hydrogen (secondary N) is 2. The van der Waals surface area contributed by atoms with Crippen LogP contribution in [-0.2, 0) is 6.42 Å². The highest BCUT2D eigenvalue weighted by Gasteiger charge is 2.28. The zero-order chi connectivity index (χ0) is 35.3. The maximum absolute atomic E-state index is 5.47. The molecule has 0 amide bonds. The zero-order valence-corrected chi connectivity index (χ0v) is 29.8. The van der Waals surface area contributed by atoms with Crippen LogP contribution >= 0.6 is 0 Å². The Kier molecular flexibility index (Phi) is 9.60. The summed E-state index contributed by atoms with van der Waals surface area (Å²) in [6.07, 6.45) is 1.65. The SMILES string of the molecule is CCCc1cccc(-c2ccccc2)c1-c1c(C)cccc1C1=NC(c2ccc(-c3ccccc3)cc2)NC(c2ccc(-c3ccccc3)cc2)N1. The van der Waals surface area contributed by atoms with Gasteiger partial charge in [0.25, 0.3) is 0 Å². The molecule has 0 saturated carbocycles. The van der Waals surface area contributed by atoms with Crippen LogP contribution in [0.1, 0.15) is 53.5 Å². The molecule has 0 fully saturated rings. The molecule has 1 aliphatic rings. The molecule has 2 unspecified atom stereocenters. The van der Waals surface area contributed by atoms with E-state index in [0.717, 1.165) is 35.4 Å². The van der Waals surface area contributed by atoms with Gasteiger partial charge in [-0.1, -0.05) is 189 Å². The molecule has 52 heavy (non-hydrogen) atoms. The van der Waals surface area contributed by atoms with Crippen molar-refractivity contribution in [1.29, 1.82) is 0 Å². The number of nitrogens with zero attached hydrogens (tertiary/aromatic N) is 1. The van der Waals surface area contributed by atoms with Crippen molar-refractivity contribution in [3.8, 4) is 44.5 Å². The summed E-state index contributed by atoms with van der Waals surface area (Å²) >= 11 is 0. The molecule has 0 radical (unpaired) electrons. The third-order valence-electron chi connectivity index (χ3n) is 10.1. The minimum atomic E-state index is -0.257. The van der Waals surface area contributed by atoms with Gasteiger partial charge in [0.15, 0.2) is 0 Å². The smallest absolute Gasteiger partial charge is 0.132 e. The summed E-state index contributed by atoms with van der Waals surface area (Å²) in [6.45, 7) is 4.50. The van der Waals surface area contributed by atoms with Crippen LogP contribution < -0.4 is 10.6 Å². The van der Waals surface area contributed by atoms with Crippen molar-refractivity contribution >= 4 is 5.84 Å². The molecule has 0 aliphatic carbocycles. The molecule has 8 rings (SSSR count). The second-order valence-electron chi connectivity index (χ2n) is 13.6. The summed E-state index contributed by atoms with van der Waals surface area (Å²) in [5.41, 5.74) is 15.8. The van der Waals surface area contributed by atoms with E-state index >= 15 is 0 Å². The first-order chi connectivity index (χ1) is 25.7. The fourth-order valence-electron chi connectivity index (χ4n) is 7.45. The molecule has 0 saturated heterocycles. The van der Waals surface area contributed by atoms with Crippen LogP contribution in [0, 0.1) is 6.92 Å². The Balaban J connectivity index is 1.25. The number of rotatable bonds is 9. The molecule has 0 spiro atoms. The lowest BCUT2D eigenvalue weighted by molar-refractivity contribution is 0.409. The highest BCUT2D eigenvalue weighted by atomic mass is 15.3. The Hall–Kier alpha value is -6.03. The first-order valence-corrected chi connectivity index (χ1v) is 18.3. The van der Waals surface area contributed by atoms with E-state index in [2.05, 4.69) is 200 Å². The van der Waals surface area contributed by atoms with Crippen LogP contribution in [-0.4, -0.2) is 5.84 Å². The number of hydrogen-bond acceptors (Lipinski definition) is 3. The predicted molar refractivity (Wildman–Crippen MR) is 218 cm³/mol. The fraction of sp³-hybridized carbons (Fsp3) is 0.122. The maximum atomic E-state index is 5.47. The molecule has 0 bridgehead atoms. The van der Waals surface area contributed by atoms with Gasteiger partial charge in [-0.25, -0.2) is 4.99 Å². The molecule has 2 N–H and O–H groups in total. The van der Waals surface area contributed by atoms with Gasteiger partial charge in [0.2, 0.25) is 0 Å². The Bertz CT molecular complexity index is 2290. The van der Waals surface area contributed by atoms with Crippen molar-refractivity contribution < 1.29 is 0 Å². The van der Waals surface area contributed by atoms with Crippen molar-refractivity contribution in [2.45, 2.75) is 39.0 Å². The Morgan fingerprint density at radius 1 is 0.481 bits per heavy atom. The highest BCUT2D eigenvalue weighted by Crippen LogP contribution is 2.40. The van der Waals surface area contributed by atoms with Gasteiger partial charge in [0.1, 0.15) is 18.2 Å². The van der Waals surface area contributed by atoms with Crippen molar-refractivity contribution in [2.75, 3.05) is 0 Å². The highest BCUT2D eigenvalue weighted by molar-refractivity contribution is 6.07. The van der Waals surface area contributed by atoms with Crippen molar-refractivity contribution in [3.63, 3.8) is 0 Å². The van der Waals surface area contributed by atoms with Gasteiger partial charge < -0.3 is 5.32 Å². The summed E-state index contributed by atoms with van der Waals surface area (Å²) in [5.74, 6) is 0.886. The Labute approximate surface area is 307 Å². The molecule has 3 heteroatoms. The summed E-state index contributed by atoms with van der Waals surface area (Å²) in [4.78, 5) is 5.47. The molecule has 1 heterocycles. The largest absolute Gasteiger partial charge is 0.350 e. The molecular formula is C49H43N3. The van der Waals surface area contributed by atoms with Crippen LogP contribution in [0.15, 0.2) is 181 Å². The van der Waals surface area contributed by atoms with E-state index in [1.165, 1.54) is 55.6 Å². The first-order valence-electron chi connectivity index (χ1n) is 18.3. The van der Waals surface area contributed by atoms with Gasteiger partial charge >= 0.3 is 0 Å². The standard InChI is InChI=1S/C49H43N3/c1-3-15-40-23-14-24-43(39-21-11-6-12-22-39)46(40)45-34(2)16-13-25-44(45)49-51-47(41-30-26-37(27-31-41)35-17-7-4-8-18-35)50-48(52-49)42-32-28-38(29-33-42)36-19-9-5-10-20-36/h4-14,16-33,47-48,50H,3,15H2,1-2H3,(H,51,52). The van der Waals surface area contributed by atoms with Crippen LogP contribution in [0.4, 0.5) is 0 Å². The predicted octanol–water partition coefficient (Wildman–Crippen LogP) is 12.0. The van der Waals surface area contributed by atoms with Crippen molar-refractivity contribution in [3.05, 3.63) is 204 Å². The molecular weight excluding hydrogens is 631 g/mol. The maximum Gasteiger partial charge on any atom is 0.132 e. The summed E-state index contributed by atoms with van der Waals surface area (Å²) in [7, 11) is 0. The average molecular weight is 674 g/mol. The van der Waals surface area contributed by atoms with Crippen LogP contribution in [0.25, 0.3) is 44.5 Å². The molecule has 1 aliphatic heterocycles. The lowest BCUT2D eigenvalue weighted by atomic mass is 9.84. The minimum Gasteiger partial charge on any atom is -0.350 e. The molecule has 7 aromatic rings. The van der Waals surface area contributed by atoms with Gasteiger partial charge in [0, 0.05) is 5.56 Å². The van der Waals surface area contributed by atoms with E-state index in [-0.39, 0.29) is 12.3 Å². The van der Waals surface area contributed by atoms with E-state index in [4.69, 9.17) is 4.99 Å². The quantitative estimate of drug-likeness (QED) is 0.160. The molecule has 0 aromatic heterocycles. The first kappa shape index (κ1) is 33.1. The van der Waals surface area contributed by atoms with Crippen molar-refractivity contribution in [1.82, 2.24) is 10.6 Å². The van der Waals surface area contributed by atoms with Crippen LogP contribution in [0.2, 0.25) is 0 Å². The van der Waals surface area contributed by atoms with E-state index in [1.807, 2.05) is 0 Å². The lowest BCUT2D eigenvalue weighted by Gasteiger charge is -2.33. The van der Waals surface area contributed by atoms with Crippen LogP contribution in [0.3, 0.4) is 0 Å². The molecule has 3 nitrogen and oxygen atoms in total. The monoisotopic (exact) mass is 673 g/mol. The fourth-order valence-corrected chi connectivity index (χ4v) is 7.45. The summed E-state index contributed by atoms with van der Waals surface area (Å²) in [6, 6.07) is 63.0.